The Balaban J connectivity index is 1.45. The van der Waals surface area contributed by atoms with E-state index in [4.69, 9.17) is 21.1 Å². The minimum absolute atomic E-state index is 0.0672. The smallest absolute Gasteiger partial charge is 0.308 e. The Bertz CT molecular complexity index is 1460. The maximum atomic E-state index is 12.9. The van der Waals surface area contributed by atoms with Gasteiger partial charge in [0.2, 0.25) is 6.79 Å². The van der Waals surface area contributed by atoms with Crippen molar-refractivity contribution in [1.82, 2.24) is 4.57 Å². The number of nitrogens with one attached hydrogen (secondary N) is 1. The number of sulfonamides is 1. The van der Waals surface area contributed by atoms with Gasteiger partial charge in [-0.2, -0.15) is 0 Å². The van der Waals surface area contributed by atoms with Crippen molar-refractivity contribution < 1.29 is 17.9 Å². The Hall–Kier alpha value is -3.01. The first kappa shape index (κ1) is 19.9. The van der Waals surface area contributed by atoms with Gasteiger partial charge in [0.1, 0.15) is 0 Å². The molecule has 0 saturated heterocycles. The molecule has 4 aromatic rings. The molecule has 1 aromatic heterocycles. The summed E-state index contributed by atoms with van der Waals surface area (Å²) in [6, 6.07) is 16.7. The summed E-state index contributed by atoms with van der Waals surface area (Å²) in [5, 5.41) is 0.621. The molecule has 0 radical (unpaired) electrons. The second-order valence-electron chi connectivity index (χ2n) is 6.88. The first-order valence-electron chi connectivity index (χ1n) is 9.19. The highest BCUT2D eigenvalue weighted by Crippen LogP contribution is 2.35. The summed E-state index contributed by atoms with van der Waals surface area (Å²) in [4.78, 5) is 12.4. The number of hydrogen-bond acceptors (Lipinski definition) is 6. The van der Waals surface area contributed by atoms with Crippen LogP contribution >= 0.6 is 22.9 Å². The maximum Gasteiger partial charge on any atom is 0.308 e. The first-order valence-corrected chi connectivity index (χ1v) is 11.9. The predicted octanol–water partition coefficient (Wildman–Crippen LogP) is 4.29. The summed E-state index contributed by atoms with van der Waals surface area (Å²) in [5.74, 6) is 1.05. The van der Waals surface area contributed by atoms with Crippen LogP contribution in [0, 0.1) is 0 Å². The third-order valence-corrected chi connectivity index (χ3v) is 7.40. The molecule has 10 heteroatoms. The molecule has 0 aliphatic carbocycles. The third-order valence-electron chi connectivity index (χ3n) is 4.83. The van der Waals surface area contributed by atoms with Gasteiger partial charge in [0, 0.05) is 11.1 Å². The number of nitrogens with zero attached hydrogens (tertiary/aromatic N) is 1. The van der Waals surface area contributed by atoms with Gasteiger partial charge in [-0.05, 0) is 48.0 Å². The average Bonchev–Trinajstić information content (AvgIpc) is 3.32. The zero-order valence-corrected chi connectivity index (χ0v) is 18.3. The van der Waals surface area contributed by atoms with E-state index in [1.165, 1.54) is 12.1 Å². The van der Waals surface area contributed by atoms with E-state index in [-0.39, 0.29) is 16.6 Å². The van der Waals surface area contributed by atoms with Crippen LogP contribution in [0.5, 0.6) is 11.5 Å². The Kier molecular flexibility index (Phi) is 4.88. The number of thiazole rings is 1. The number of aromatic nitrogens is 1. The van der Waals surface area contributed by atoms with E-state index >= 15 is 0 Å². The van der Waals surface area contributed by atoms with Crippen LogP contribution < -0.4 is 19.1 Å². The van der Waals surface area contributed by atoms with Gasteiger partial charge < -0.3 is 9.47 Å². The van der Waals surface area contributed by atoms with Crippen LogP contribution in [0.4, 0.5) is 5.69 Å². The molecule has 0 unspecified atom stereocenters. The largest absolute Gasteiger partial charge is 0.454 e. The molecule has 1 aliphatic rings. The fourth-order valence-corrected chi connectivity index (χ4v) is 5.52. The average molecular weight is 475 g/mol. The highest BCUT2D eigenvalue weighted by Gasteiger charge is 2.19. The summed E-state index contributed by atoms with van der Waals surface area (Å²) >= 11 is 6.93. The molecule has 0 fully saturated rings. The van der Waals surface area contributed by atoms with Crippen LogP contribution in [-0.4, -0.2) is 19.8 Å². The molecular weight excluding hydrogens is 460 g/mol. The van der Waals surface area contributed by atoms with Gasteiger partial charge in [0.15, 0.2) is 11.5 Å². The van der Waals surface area contributed by atoms with Crippen LogP contribution in [0.1, 0.15) is 5.56 Å². The van der Waals surface area contributed by atoms with Crippen molar-refractivity contribution in [3.05, 3.63) is 80.9 Å². The number of rotatable bonds is 5. The Morgan fingerprint density at radius 3 is 2.58 bits per heavy atom. The molecule has 7 nitrogen and oxygen atoms in total. The SMILES string of the molecule is O=c1sc2cc(S(=O)(=O)Nc3ccc4c(c3)OCO4)ccc2n1Cc1ccc(Cl)cc1. The number of anilines is 1. The molecule has 5 rings (SSSR count). The molecule has 2 heterocycles. The number of ether oxygens (including phenoxy) is 2. The van der Waals surface area contributed by atoms with Crippen molar-refractivity contribution in [2.75, 3.05) is 11.5 Å². The number of halogens is 1. The van der Waals surface area contributed by atoms with Crippen molar-refractivity contribution in [1.29, 1.82) is 0 Å². The zero-order chi connectivity index (χ0) is 21.6. The van der Waals surface area contributed by atoms with Gasteiger partial charge in [-0.25, -0.2) is 8.42 Å². The van der Waals surface area contributed by atoms with Gasteiger partial charge in [-0.3, -0.25) is 14.1 Å². The molecule has 31 heavy (non-hydrogen) atoms. The van der Waals surface area contributed by atoms with Gasteiger partial charge in [-0.15, -0.1) is 0 Å². The van der Waals surface area contributed by atoms with Crippen LogP contribution in [-0.2, 0) is 16.6 Å². The monoisotopic (exact) mass is 474 g/mol. The van der Waals surface area contributed by atoms with E-state index in [1.54, 1.807) is 41.0 Å². The van der Waals surface area contributed by atoms with E-state index in [9.17, 15) is 13.2 Å². The molecule has 0 amide bonds. The Labute approximate surface area is 186 Å². The Morgan fingerprint density at radius 2 is 1.77 bits per heavy atom. The van der Waals surface area contributed by atoms with Crippen molar-refractivity contribution in [3.63, 3.8) is 0 Å². The molecule has 0 spiro atoms. The maximum absolute atomic E-state index is 12.9. The normalized spacial score (nSPS) is 12.9. The van der Waals surface area contributed by atoms with Crippen molar-refractivity contribution >= 4 is 48.9 Å². The lowest BCUT2D eigenvalue weighted by molar-refractivity contribution is 0.174. The van der Waals surface area contributed by atoms with Crippen molar-refractivity contribution in [3.8, 4) is 11.5 Å². The number of benzene rings is 3. The van der Waals surface area contributed by atoms with Gasteiger partial charge in [0.25, 0.3) is 10.0 Å². The van der Waals surface area contributed by atoms with E-state index in [0.717, 1.165) is 16.9 Å². The molecule has 1 aliphatic heterocycles. The molecule has 1 N–H and O–H groups in total. The Morgan fingerprint density at radius 1 is 1.00 bits per heavy atom. The first-order chi connectivity index (χ1) is 14.9. The summed E-state index contributed by atoms with van der Waals surface area (Å²) in [7, 11) is -3.86. The highest BCUT2D eigenvalue weighted by molar-refractivity contribution is 7.92. The van der Waals surface area contributed by atoms with E-state index in [0.29, 0.717) is 39.0 Å². The molecule has 3 aromatic carbocycles. The van der Waals surface area contributed by atoms with Crippen LogP contribution in [0.2, 0.25) is 5.02 Å². The van der Waals surface area contributed by atoms with E-state index in [2.05, 4.69) is 4.72 Å². The molecule has 0 atom stereocenters. The zero-order valence-electron chi connectivity index (χ0n) is 15.9. The van der Waals surface area contributed by atoms with Crippen LogP contribution in [0.3, 0.4) is 0 Å². The fraction of sp³-hybridized carbons (Fsp3) is 0.0952. The van der Waals surface area contributed by atoms with Gasteiger partial charge >= 0.3 is 4.87 Å². The summed E-state index contributed by atoms with van der Waals surface area (Å²) < 4.78 is 41.0. The van der Waals surface area contributed by atoms with Crippen molar-refractivity contribution in [2.24, 2.45) is 0 Å². The minimum atomic E-state index is -3.86. The topological polar surface area (TPSA) is 86.6 Å². The van der Waals surface area contributed by atoms with E-state index in [1.807, 2.05) is 12.1 Å². The third kappa shape index (κ3) is 3.87. The number of fused-ring (bicyclic) bond motifs is 2. The van der Waals surface area contributed by atoms with Crippen LogP contribution in [0.15, 0.2) is 70.4 Å². The lowest BCUT2D eigenvalue weighted by atomic mass is 10.2. The molecule has 158 valence electrons. The lowest BCUT2D eigenvalue weighted by Gasteiger charge is -2.09. The fourth-order valence-electron chi connectivity index (χ4n) is 3.31. The summed E-state index contributed by atoms with van der Waals surface area (Å²) in [6.45, 7) is 0.478. The molecule has 0 bridgehead atoms. The minimum Gasteiger partial charge on any atom is -0.454 e. The standard InChI is InChI=1S/C21H15ClN2O5S2/c22-14-3-1-13(2-4-14)11-24-17-7-6-16(10-20(17)30-21(24)25)31(26,27)23-15-5-8-18-19(9-15)29-12-28-18/h1-10,23H,11-12H2. The lowest BCUT2D eigenvalue weighted by Crippen LogP contribution is -2.14. The van der Waals surface area contributed by atoms with Crippen molar-refractivity contribution in [2.45, 2.75) is 11.4 Å². The summed E-state index contributed by atoms with van der Waals surface area (Å²) in [5.41, 5.74) is 1.96. The second-order valence-corrected chi connectivity index (χ2v) is 10.00. The molecule has 0 saturated carbocycles. The molecular formula is C21H15ClN2O5S2. The van der Waals surface area contributed by atoms with Gasteiger partial charge in [0.05, 0.1) is 27.3 Å². The van der Waals surface area contributed by atoms with Crippen LogP contribution in [0.25, 0.3) is 10.2 Å². The van der Waals surface area contributed by atoms with Gasteiger partial charge in [-0.1, -0.05) is 35.1 Å². The van der Waals surface area contributed by atoms with E-state index < -0.39 is 10.0 Å². The second kappa shape index (κ2) is 7.60. The summed E-state index contributed by atoms with van der Waals surface area (Å²) in [6.07, 6.45) is 0. The predicted molar refractivity (Wildman–Crippen MR) is 120 cm³/mol. The number of hydrogen-bond donors (Lipinski definition) is 1. The highest BCUT2D eigenvalue weighted by atomic mass is 35.5. The quantitative estimate of drug-likeness (QED) is 0.466.